The molecule has 0 radical (unpaired) electrons. The molecule has 0 aliphatic carbocycles. The number of nitrogens with zero attached hydrogens (tertiary/aromatic N) is 3. The van der Waals surface area contributed by atoms with Crippen LogP contribution >= 0.6 is 12.2 Å². The minimum atomic E-state index is 0.392. The van der Waals surface area contributed by atoms with Crippen LogP contribution in [0.25, 0.3) is 0 Å². The van der Waals surface area contributed by atoms with E-state index in [0.717, 1.165) is 11.4 Å². The maximum Gasteiger partial charge on any atom is 0.191 e. The molecule has 0 aliphatic heterocycles. The lowest BCUT2D eigenvalue weighted by Gasteiger charge is -2.08. The molecule has 0 saturated carbocycles. The van der Waals surface area contributed by atoms with Gasteiger partial charge in [0.15, 0.2) is 5.11 Å². The third-order valence-electron chi connectivity index (χ3n) is 2.61. The van der Waals surface area contributed by atoms with Crippen LogP contribution in [0.15, 0.2) is 48.0 Å². The Balaban J connectivity index is 1.92. The lowest BCUT2D eigenvalue weighted by Crippen LogP contribution is -2.25. The van der Waals surface area contributed by atoms with Crippen LogP contribution in [-0.2, 0) is 0 Å². The van der Waals surface area contributed by atoms with Crippen LogP contribution in [0, 0.1) is 0 Å². The second-order valence-corrected chi connectivity index (χ2v) is 4.49. The van der Waals surface area contributed by atoms with E-state index in [1.807, 2.05) is 31.2 Å². The van der Waals surface area contributed by atoms with Gasteiger partial charge in [-0.15, -0.1) is 0 Å². The highest BCUT2D eigenvalue weighted by Gasteiger charge is 2.00. The first kappa shape index (κ1) is 14.9. The van der Waals surface area contributed by atoms with Crippen molar-refractivity contribution >= 4 is 28.7 Å². The van der Waals surface area contributed by atoms with Gasteiger partial charge in [-0.25, -0.2) is 0 Å². The van der Waals surface area contributed by atoms with E-state index < -0.39 is 0 Å². The van der Waals surface area contributed by atoms with Crippen molar-refractivity contribution < 1.29 is 4.74 Å². The number of benzene rings is 1. The number of aromatic nitrogens is 2. The van der Waals surface area contributed by atoms with Gasteiger partial charge >= 0.3 is 0 Å². The van der Waals surface area contributed by atoms with Crippen LogP contribution in [0.5, 0.6) is 5.75 Å². The molecule has 1 aromatic heterocycles. The van der Waals surface area contributed by atoms with Gasteiger partial charge < -0.3 is 10.1 Å². The summed E-state index contributed by atoms with van der Waals surface area (Å²) in [5.41, 5.74) is 5.00. The molecule has 108 valence electrons. The molecule has 2 rings (SSSR count). The average Bonchev–Trinajstić information content (AvgIpc) is 2.54. The second-order valence-electron chi connectivity index (χ2n) is 4.08. The normalized spacial score (nSPS) is 10.9. The van der Waals surface area contributed by atoms with Crippen molar-refractivity contribution in [1.82, 2.24) is 15.4 Å². The predicted molar refractivity (Wildman–Crippen MR) is 86.6 cm³/mol. The lowest BCUT2D eigenvalue weighted by molar-refractivity contribution is 0.415. The summed E-state index contributed by atoms with van der Waals surface area (Å²) < 4.78 is 5.09. The van der Waals surface area contributed by atoms with Gasteiger partial charge in [-0.2, -0.15) is 5.10 Å². The van der Waals surface area contributed by atoms with Crippen molar-refractivity contribution in [2.75, 3.05) is 12.4 Å². The molecule has 0 unspecified atom stereocenters. The van der Waals surface area contributed by atoms with Crippen molar-refractivity contribution in [3.63, 3.8) is 0 Å². The Labute approximate surface area is 128 Å². The summed E-state index contributed by atoms with van der Waals surface area (Å²) in [5, 5.41) is 7.57. The standard InChI is InChI=1S/C14H15N5OS/c1-10(13-9-15-7-8-16-13)18-19-14(21)17-11-3-5-12(20-2)6-4-11/h3-9H,1-2H3,(H2,17,19,21)/b18-10-. The smallest absolute Gasteiger partial charge is 0.191 e. The Morgan fingerprint density at radius 1 is 1.24 bits per heavy atom. The minimum absolute atomic E-state index is 0.392. The monoisotopic (exact) mass is 301 g/mol. The first-order valence-corrected chi connectivity index (χ1v) is 6.61. The lowest BCUT2D eigenvalue weighted by atomic mass is 10.3. The van der Waals surface area contributed by atoms with E-state index in [4.69, 9.17) is 17.0 Å². The van der Waals surface area contributed by atoms with E-state index >= 15 is 0 Å². The van der Waals surface area contributed by atoms with Crippen LogP contribution < -0.4 is 15.5 Å². The third-order valence-corrected chi connectivity index (χ3v) is 2.80. The third kappa shape index (κ3) is 4.50. The molecule has 1 heterocycles. The summed E-state index contributed by atoms with van der Waals surface area (Å²) in [7, 11) is 1.62. The van der Waals surface area contributed by atoms with Gasteiger partial charge in [0.05, 0.1) is 19.0 Å². The van der Waals surface area contributed by atoms with E-state index in [2.05, 4.69) is 25.8 Å². The van der Waals surface area contributed by atoms with Gasteiger partial charge in [0, 0.05) is 18.1 Å². The largest absolute Gasteiger partial charge is 0.497 e. The number of hydrogen-bond acceptors (Lipinski definition) is 5. The molecule has 1 aromatic carbocycles. The molecule has 0 atom stereocenters. The summed E-state index contributed by atoms with van der Waals surface area (Å²) in [6.45, 7) is 1.83. The molecule has 0 fully saturated rings. The van der Waals surface area contributed by atoms with Gasteiger partial charge in [-0.1, -0.05) is 0 Å². The second kappa shape index (κ2) is 7.30. The molecule has 2 N–H and O–H groups in total. The molecular formula is C14H15N5OS. The molecule has 0 spiro atoms. The van der Waals surface area contributed by atoms with E-state index in [1.54, 1.807) is 25.7 Å². The number of nitrogens with one attached hydrogen (secondary N) is 2. The van der Waals surface area contributed by atoms with E-state index in [0.29, 0.717) is 16.5 Å². The number of anilines is 1. The fourth-order valence-corrected chi connectivity index (χ4v) is 1.67. The van der Waals surface area contributed by atoms with Gasteiger partial charge in [0.1, 0.15) is 11.4 Å². The average molecular weight is 301 g/mol. The number of hydrogen-bond donors (Lipinski definition) is 2. The van der Waals surface area contributed by atoms with Crippen LogP contribution in [0.1, 0.15) is 12.6 Å². The molecule has 6 nitrogen and oxygen atoms in total. The zero-order valence-corrected chi connectivity index (χ0v) is 12.5. The van der Waals surface area contributed by atoms with Crippen LogP contribution in [0.2, 0.25) is 0 Å². The summed E-state index contributed by atoms with van der Waals surface area (Å²) in [4.78, 5) is 8.13. The fourth-order valence-electron chi connectivity index (χ4n) is 1.51. The summed E-state index contributed by atoms with van der Waals surface area (Å²) in [5.74, 6) is 0.788. The zero-order chi connectivity index (χ0) is 15.1. The highest BCUT2D eigenvalue weighted by molar-refractivity contribution is 7.80. The Hall–Kier alpha value is -2.54. The van der Waals surface area contributed by atoms with Crippen molar-refractivity contribution in [2.24, 2.45) is 5.10 Å². The van der Waals surface area contributed by atoms with Crippen LogP contribution in [0.3, 0.4) is 0 Å². The highest BCUT2D eigenvalue weighted by Crippen LogP contribution is 2.14. The number of rotatable bonds is 4. The number of ether oxygens (including phenoxy) is 1. The maximum atomic E-state index is 5.17. The first-order chi connectivity index (χ1) is 10.2. The molecule has 0 bridgehead atoms. The summed E-state index contributed by atoms with van der Waals surface area (Å²) in [6, 6.07) is 7.43. The van der Waals surface area contributed by atoms with Gasteiger partial charge in [-0.05, 0) is 43.4 Å². The Kier molecular flexibility index (Phi) is 5.16. The number of thiocarbonyl (C=S) groups is 1. The van der Waals surface area contributed by atoms with Crippen molar-refractivity contribution in [2.45, 2.75) is 6.92 Å². The predicted octanol–water partition coefficient (Wildman–Crippen LogP) is 2.20. The zero-order valence-electron chi connectivity index (χ0n) is 11.7. The fraction of sp³-hybridized carbons (Fsp3) is 0.143. The molecule has 7 heteroatoms. The van der Waals surface area contributed by atoms with Crippen LogP contribution in [-0.4, -0.2) is 27.9 Å². The summed E-state index contributed by atoms with van der Waals surface area (Å²) in [6.07, 6.45) is 4.86. The molecule has 21 heavy (non-hydrogen) atoms. The molecular weight excluding hydrogens is 286 g/mol. The maximum absolute atomic E-state index is 5.17. The summed E-state index contributed by atoms with van der Waals surface area (Å²) >= 11 is 5.17. The molecule has 2 aromatic rings. The topological polar surface area (TPSA) is 71.4 Å². The van der Waals surface area contributed by atoms with E-state index in [-0.39, 0.29) is 0 Å². The van der Waals surface area contributed by atoms with Gasteiger partial charge in [-0.3, -0.25) is 15.4 Å². The van der Waals surface area contributed by atoms with Crippen molar-refractivity contribution in [1.29, 1.82) is 0 Å². The first-order valence-electron chi connectivity index (χ1n) is 6.21. The van der Waals surface area contributed by atoms with E-state index in [1.165, 1.54) is 0 Å². The van der Waals surface area contributed by atoms with Gasteiger partial charge in [0.2, 0.25) is 0 Å². The Bertz CT molecular complexity index is 628. The van der Waals surface area contributed by atoms with Crippen molar-refractivity contribution in [3.8, 4) is 5.75 Å². The quantitative estimate of drug-likeness (QED) is 0.512. The van der Waals surface area contributed by atoms with Crippen LogP contribution in [0.4, 0.5) is 5.69 Å². The highest BCUT2D eigenvalue weighted by atomic mass is 32.1. The SMILES string of the molecule is COc1ccc(NC(=S)N/N=C(/C)c2cnccn2)cc1. The number of hydrazone groups is 1. The van der Waals surface area contributed by atoms with Gasteiger partial charge in [0.25, 0.3) is 0 Å². The molecule has 0 aliphatic rings. The Morgan fingerprint density at radius 2 is 2.00 bits per heavy atom. The van der Waals surface area contributed by atoms with Crippen molar-refractivity contribution in [3.05, 3.63) is 48.5 Å². The Morgan fingerprint density at radius 3 is 2.62 bits per heavy atom. The van der Waals surface area contributed by atoms with E-state index in [9.17, 15) is 0 Å². The minimum Gasteiger partial charge on any atom is -0.497 e. The molecule has 0 amide bonds. The number of methoxy groups -OCH3 is 1. The molecule has 0 saturated heterocycles.